The third-order valence-electron chi connectivity index (χ3n) is 6.13. The highest BCUT2D eigenvalue weighted by molar-refractivity contribution is 5.43. The van der Waals surface area contributed by atoms with Gasteiger partial charge >= 0.3 is 0 Å². The largest absolute Gasteiger partial charge is 0.287 e. The molecule has 2 saturated heterocycles. The molecule has 0 bridgehead atoms. The topological polar surface area (TPSA) is 46.1 Å². The van der Waals surface area contributed by atoms with E-state index in [1.807, 2.05) is 12.1 Å². The molecule has 25 heavy (non-hydrogen) atoms. The number of nitrogens with zero attached hydrogens (tertiary/aromatic N) is 2. The zero-order chi connectivity index (χ0) is 17.4. The molecule has 4 unspecified atom stereocenters. The van der Waals surface area contributed by atoms with E-state index in [-0.39, 0.29) is 16.1 Å². The lowest BCUT2D eigenvalue weighted by atomic mass is 9.88. The monoisotopic (exact) mass is 336 g/mol. The van der Waals surface area contributed by atoms with Crippen LogP contribution in [0.5, 0.6) is 0 Å². The van der Waals surface area contributed by atoms with E-state index >= 15 is 0 Å². The molecule has 4 rings (SSSR count). The molecule has 130 valence electrons. The van der Waals surface area contributed by atoms with E-state index in [1.165, 1.54) is 24.8 Å². The Kier molecular flexibility index (Phi) is 4.08. The highest BCUT2D eigenvalue weighted by atomic mass is 16.6. The Morgan fingerprint density at radius 2 is 2.00 bits per heavy atom. The second kappa shape index (κ2) is 6.26. The van der Waals surface area contributed by atoms with Crippen LogP contribution in [0.4, 0.5) is 5.69 Å². The van der Waals surface area contributed by atoms with E-state index in [4.69, 9.17) is 0 Å². The zero-order valence-corrected chi connectivity index (χ0v) is 14.6. The summed E-state index contributed by atoms with van der Waals surface area (Å²) in [4.78, 5) is 13.3. The number of piperidine rings is 1. The van der Waals surface area contributed by atoms with E-state index < -0.39 is 0 Å². The molecule has 4 atom stereocenters. The number of nitro groups is 1. The van der Waals surface area contributed by atoms with Crippen molar-refractivity contribution in [1.82, 2.24) is 4.90 Å². The molecule has 0 N–H and O–H groups in total. The van der Waals surface area contributed by atoms with Crippen LogP contribution in [-0.2, 0) is 12.0 Å². The summed E-state index contributed by atoms with van der Waals surface area (Å²) in [6, 6.07) is 18.4. The molecule has 0 spiro atoms. The lowest BCUT2D eigenvalue weighted by Gasteiger charge is -2.20. The molecule has 2 aliphatic rings. The van der Waals surface area contributed by atoms with Crippen molar-refractivity contribution in [1.29, 1.82) is 0 Å². The molecule has 2 aromatic rings. The first-order chi connectivity index (χ1) is 12.1. The molecule has 0 aromatic heterocycles. The maximum Gasteiger partial charge on any atom is 0.269 e. The van der Waals surface area contributed by atoms with Crippen LogP contribution in [0.25, 0.3) is 0 Å². The molecule has 0 saturated carbocycles. The first-order valence-electron chi connectivity index (χ1n) is 9.14. The first kappa shape index (κ1) is 16.3. The standard InChI is InChI=1S/C21H24N2O2/c1-21(18-11-6-12-19(14-18)23(24)25)20-13-17(15-22(20)21)10-5-9-16-7-3-2-4-8-16/h2-4,6-8,11-12,14,17,20H,5,9-10,13,15H2,1H3. The Morgan fingerprint density at radius 3 is 2.68 bits per heavy atom. The minimum absolute atomic E-state index is 0.00193. The van der Waals surface area contributed by atoms with Crippen LogP contribution in [0, 0.1) is 16.0 Å². The molecule has 2 aliphatic heterocycles. The van der Waals surface area contributed by atoms with E-state index in [0.29, 0.717) is 6.04 Å². The van der Waals surface area contributed by atoms with Crippen molar-refractivity contribution in [2.75, 3.05) is 6.54 Å². The molecule has 0 amide bonds. The number of fused-ring (bicyclic) bond motifs is 1. The Balaban J connectivity index is 1.32. The SMILES string of the molecule is CC1(c2cccc([N+](=O)[O-])c2)C2CC(CCCc3ccccc3)CN21. The molecular formula is C21H24N2O2. The number of aryl methyl sites for hydroxylation is 1. The maximum absolute atomic E-state index is 11.0. The van der Waals surface area contributed by atoms with Crippen molar-refractivity contribution in [3.63, 3.8) is 0 Å². The van der Waals surface area contributed by atoms with E-state index in [1.54, 1.807) is 12.1 Å². The van der Waals surface area contributed by atoms with Crippen LogP contribution in [0.15, 0.2) is 54.6 Å². The van der Waals surface area contributed by atoms with Crippen LogP contribution >= 0.6 is 0 Å². The molecule has 0 radical (unpaired) electrons. The Hall–Kier alpha value is -2.20. The summed E-state index contributed by atoms with van der Waals surface area (Å²) in [5, 5.41) is 11.0. The van der Waals surface area contributed by atoms with Crippen molar-refractivity contribution >= 4 is 5.69 Å². The molecular weight excluding hydrogens is 312 g/mol. The van der Waals surface area contributed by atoms with Gasteiger partial charge in [0, 0.05) is 24.7 Å². The van der Waals surface area contributed by atoms with Crippen LogP contribution in [0.3, 0.4) is 0 Å². The predicted octanol–water partition coefficient (Wildman–Crippen LogP) is 4.54. The average molecular weight is 336 g/mol. The number of non-ortho nitro benzene ring substituents is 1. The van der Waals surface area contributed by atoms with Crippen LogP contribution in [0.2, 0.25) is 0 Å². The van der Waals surface area contributed by atoms with Crippen LogP contribution in [0.1, 0.15) is 37.3 Å². The van der Waals surface area contributed by atoms with Gasteiger partial charge in [-0.2, -0.15) is 0 Å². The molecule has 2 aromatic carbocycles. The van der Waals surface area contributed by atoms with Gasteiger partial charge in [-0.1, -0.05) is 42.5 Å². The fraction of sp³-hybridized carbons (Fsp3) is 0.429. The number of hydrogen-bond donors (Lipinski definition) is 0. The van der Waals surface area contributed by atoms with E-state index in [0.717, 1.165) is 24.4 Å². The summed E-state index contributed by atoms with van der Waals surface area (Å²) in [7, 11) is 0. The number of nitro benzene ring substituents is 1. The van der Waals surface area contributed by atoms with E-state index in [9.17, 15) is 10.1 Å². The summed E-state index contributed by atoms with van der Waals surface area (Å²) in [5.41, 5.74) is 2.72. The Labute approximate surface area is 148 Å². The summed E-state index contributed by atoms with van der Waals surface area (Å²) >= 11 is 0. The molecule has 2 heterocycles. The summed E-state index contributed by atoms with van der Waals surface area (Å²) in [5.74, 6) is 0.764. The second-order valence-electron chi connectivity index (χ2n) is 7.60. The van der Waals surface area contributed by atoms with Crippen LogP contribution < -0.4 is 0 Å². The predicted molar refractivity (Wildman–Crippen MR) is 98.4 cm³/mol. The summed E-state index contributed by atoms with van der Waals surface area (Å²) in [6.07, 6.45) is 4.88. The van der Waals surface area contributed by atoms with Crippen molar-refractivity contribution in [2.45, 2.75) is 44.2 Å². The van der Waals surface area contributed by atoms with Crippen molar-refractivity contribution in [3.05, 3.63) is 75.8 Å². The van der Waals surface area contributed by atoms with Gasteiger partial charge in [-0.3, -0.25) is 15.0 Å². The van der Waals surface area contributed by atoms with Gasteiger partial charge in [-0.25, -0.2) is 0 Å². The third kappa shape index (κ3) is 2.95. The van der Waals surface area contributed by atoms with Gasteiger partial charge in [-0.15, -0.1) is 0 Å². The van der Waals surface area contributed by atoms with Crippen molar-refractivity contribution < 1.29 is 4.92 Å². The first-order valence-corrected chi connectivity index (χ1v) is 9.14. The molecule has 0 aliphatic carbocycles. The van der Waals surface area contributed by atoms with Gasteiger partial charge in [0.2, 0.25) is 0 Å². The van der Waals surface area contributed by atoms with Gasteiger partial charge in [-0.05, 0) is 49.7 Å². The van der Waals surface area contributed by atoms with Gasteiger partial charge in [0.05, 0.1) is 10.5 Å². The molecule has 2 fully saturated rings. The minimum atomic E-state index is -0.299. The maximum atomic E-state index is 11.0. The summed E-state index contributed by atoms with van der Waals surface area (Å²) < 4.78 is 0. The fourth-order valence-corrected chi connectivity index (χ4v) is 4.61. The lowest BCUT2D eigenvalue weighted by Crippen LogP contribution is -2.21. The molecule has 4 heteroatoms. The minimum Gasteiger partial charge on any atom is -0.287 e. The highest BCUT2D eigenvalue weighted by Crippen LogP contribution is 2.57. The quantitative estimate of drug-likeness (QED) is 0.442. The van der Waals surface area contributed by atoms with Crippen molar-refractivity contribution in [2.24, 2.45) is 5.92 Å². The van der Waals surface area contributed by atoms with Gasteiger partial charge < -0.3 is 0 Å². The number of rotatable bonds is 6. The van der Waals surface area contributed by atoms with Gasteiger partial charge in [0.1, 0.15) is 0 Å². The fourth-order valence-electron chi connectivity index (χ4n) is 4.61. The smallest absolute Gasteiger partial charge is 0.269 e. The highest BCUT2D eigenvalue weighted by Gasteiger charge is 2.63. The lowest BCUT2D eigenvalue weighted by molar-refractivity contribution is -0.384. The summed E-state index contributed by atoms with van der Waals surface area (Å²) in [6.45, 7) is 3.36. The van der Waals surface area contributed by atoms with E-state index in [2.05, 4.69) is 42.2 Å². The number of hydrogen-bond acceptors (Lipinski definition) is 3. The molecule has 4 nitrogen and oxygen atoms in total. The normalized spacial score (nSPS) is 30.0. The van der Waals surface area contributed by atoms with Crippen LogP contribution in [-0.4, -0.2) is 22.4 Å². The second-order valence-corrected chi connectivity index (χ2v) is 7.60. The van der Waals surface area contributed by atoms with Gasteiger partial charge in [0.15, 0.2) is 0 Å². The van der Waals surface area contributed by atoms with Crippen molar-refractivity contribution in [3.8, 4) is 0 Å². The Bertz CT molecular complexity index is 762. The number of benzene rings is 2. The zero-order valence-electron chi connectivity index (χ0n) is 14.6. The Morgan fingerprint density at radius 1 is 1.20 bits per heavy atom. The average Bonchev–Trinajstić information content (AvgIpc) is 2.98. The van der Waals surface area contributed by atoms with Gasteiger partial charge in [0.25, 0.3) is 5.69 Å². The third-order valence-corrected chi connectivity index (χ3v) is 6.13.